The van der Waals surface area contributed by atoms with Gasteiger partial charge >= 0.3 is 0 Å². The van der Waals surface area contributed by atoms with E-state index in [9.17, 15) is 4.79 Å². The van der Waals surface area contributed by atoms with Gasteiger partial charge in [-0.15, -0.1) is 0 Å². The lowest BCUT2D eigenvalue weighted by Crippen LogP contribution is -2.38. The minimum Gasteiger partial charge on any atom is -0.495 e. The molecule has 2 rings (SSSR count). The number of hydrogen-bond donors (Lipinski definition) is 1. The van der Waals surface area contributed by atoms with Crippen molar-refractivity contribution in [2.45, 2.75) is 13.3 Å². The number of para-hydroxylation sites is 2. The Morgan fingerprint density at radius 2 is 1.86 bits per heavy atom. The molecule has 0 spiro atoms. The molecule has 1 N–H and O–H groups in total. The summed E-state index contributed by atoms with van der Waals surface area (Å²) in [4.78, 5) is 15.4. The Bertz CT molecular complexity index is 521. The molecule has 0 atom stereocenters. The van der Waals surface area contributed by atoms with Gasteiger partial charge in [0.25, 0.3) is 0 Å². The van der Waals surface area contributed by atoms with Gasteiger partial charge < -0.3 is 19.9 Å². The SMILES string of the molecule is COc1ccccc1NC(=S)N1CCCN(C(C)=O)CC1. The van der Waals surface area contributed by atoms with E-state index in [-0.39, 0.29) is 5.91 Å². The second-order valence-corrected chi connectivity index (χ2v) is 5.36. The predicted octanol–water partition coefficient (Wildman–Crippen LogP) is 1.95. The predicted molar refractivity (Wildman–Crippen MR) is 87.7 cm³/mol. The summed E-state index contributed by atoms with van der Waals surface area (Å²) in [5.41, 5.74) is 0.859. The number of ether oxygens (including phenoxy) is 1. The van der Waals surface area contributed by atoms with Crippen LogP contribution in [0.2, 0.25) is 0 Å². The highest BCUT2D eigenvalue weighted by Crippen LogP contribution is 2.23. The zero-order valence-corrected chi connectivity index (χ0v) is 13.3. The van der Waals surface area contributed by atoms with Gasteiger partial charge in [0.15, 0.2) is 5.11 Å². The summed E-state index contributed by atoms with van der Waals surface area (Å²) in [5, 5.41) is 3.90. The van der Waals surface area contributed by atoms with Crippen LogP contribution in [0.15, 0.2) is 24.3 Å². The molecule has 1 aromatic carbocycles. The van der Waals surface area contributed by atoms with E-state index in [2.05, 4.69) is 10.2 Å². The lowest BCUT2D eigenvalue weighted by molar-refractivity contribution is -0.128. The van der Waals surface area contributed by atoms with E-state index in [1.165, 1.54) is 0 Å². The van der Waals surface area contributed by atoms with Crippen molar-refractivity contribution in [3.05, 3.63) is 24.3 Å². The lowest BCUT2D eigenvalue weighted by atomic mass is 10.3. The number of thiocarbonyl (C=S) groups is 1. The maximum absolute atomic E-state index is 11.4. The van der Waals surface area contributed by atoms with Crippen LogP contribution in [0, 0.1) is 0 Å². The van der Waals surface area contributed by atoms with Gasteiger partial charge in [0.2, 0.25) is 5.91 Å². The van der Waals surface area contributed by atoms with Gasteiger partial charge in [-0.05, 0) is 30.8 Å². The molecule has 6 heteroatoms. The Hall–Kier alpha value is -1.82. The average Bonchev–Trinajstić information content (AvgIpc) is 2.73. The van der Waals surface area contributed by atoms with Gasteiger partial charge in [-0.1, -0.05) is 12.1 Å². The fraction of sp³-hybridized carbons (Fsp3) is 0.467. The van der Waals surface area contributed by atoms with Crippen LogP contribution < -0.4 is 10.1 Å². The number of carbonyl (C=O) groups is 1. The van der Waals surface area contributed by atoms with Crippen molar-refractivity contribution < 1.29 is 9.53 Å². The van der Waals surface area contributed by atoms with Gasteiger partial charge in [-0.25, -0.2) is 0 Å². The maximum Gasteiger partial charge on any atom is 0.219 e. The van der Waals surface area contributed by atoms with Crippen molar-refractivity contribution in [1.29, 1.82) is 0 Å². The van der Waals surface area contributed by atoms with Crippen LogP contribution in [0.3, 0.4) is 0 Å². The Balaban J connectivity index is 1.98. The van der Waals surface area contributed by atoms with E-state index in [4.69, 9.17) is 17.0 Å². The first kappa shape index (κ1) is 15.6. The molecule has 1 aliphatic rings. The maximum atomic E-state index is 11.4. The zero-order valence-electron chi connectivity index (χ0n) is 12.5. The van der Waals surface area contributed by atoms with Crippen LogP contribution in [-0.2, 0) is 4.79 Å². The molecule has 21 heavy (non-hydrogen) atoms. The second-order valence-electron chi connectivity index (χ2n) is 4.98. The number of rotatable bonds is 2. The molecule has 0 unspecified atom stereocenters. The van der Waals surface area contributed by atoms with Gasteiger partial charge in [0.1, 0.15) is 5.75 Å². The van der Waals surface area contributed by atoms with Crippen LogP contribution in [0.1, 0.15) is 13.3 Å². The molecule has 1 aliphatic heterocycles. The summed E-state index contributed by atoms with van der Waals surface area (Å²) in [6.07, 6.45) is 0.924. The normalized spacial score (nSPS) is 15.3. The number of carbonyl (C=O) groups excluding carboxylic acids is 1. The van der Waals surface area contributed by atoms with Crippen LogP contribution >= 0.6 is 12.2 Å². The molecule has 5 nitrogen and oxygen atoms in total. The first-order chi connectivity index (χ1) is 10.1. The molecule has 1 heterocycles. The number of hydrogen-bond acceptors (Lipinski definition) is 3. The molecule has 114 valence electrons. The second kappa shape index (κ2) is 7.26. The van der Waals surface area contributed by atoms with Gasteiger partial charge in [-0.2, -0.15) is 0 Å². The first-order valence-corrected chi connectivity index (χ1v) is 7.47. The summed E-state index contributed by atoms with van der Waals surface area (Å²) in [5.74, 6) is 0.889. The number of nitrogens with zero attached hydrogens (tertiary/aromatic N) is 2. The van der Waals surface area contributed by atoms with Gasteiger partial charge in [-0.3, -0.25) is 4.79 Å². The third-order valence-corrected chi connectivity index (χ3v) is 3.94. The number of nitrogens with one attached hydrogen (secondary N) is 1. The highest BCUT2D eigenvalue weighted by molar-refractivity contribution is 7.80. The smallest absolute Gasteiger partial charge is 0.219 e. The Labute approximate surface area is 130 Å². The van der Waals surface area contributed by atoms with Crippen molar-refractivity contribution in [3.63, 3.8) is 0 Å². The fourth-order valence-corrected chi connectivity index (χ4v) is 2.67. The molecule has 0 aromatic heterocycles. The zero-order chi connectivity index (χ0) is 15.2. The number of benzene rings is 1. The standard InChI is InChI=1S/C15H21N3O2S/c1-12(19)17-8-5-9-18(11-10-17)15(21)16-13-6-3-4-7-14(13)20-2/h3-4,6-7H,5,8-11H2,1-2H3,(H,16,21). The van der Waals surface area contributed by atoms with Crippen LogP contribution in [0.5, 0.6) is 5.75 Å². The van der Waals surface area contributed by atoms with E-state index in [0.29, 0.717) is 11.7 Å². The Morgan fingerprint density at radius 1 is 1.19 bits per heavy atom. The molecule has 1 fully saturated rings. The lowest BCUT2D eigenvalue weighted by Gasteiger charge is -2.25. The third-order valence-electron chi connectivity index (χ3n) is 3.58. The van der Waals surface area contributed by atoms with E-state index in [1.807, 2.05) is 29.2 Å². The van der Waals surface area contributed by atoms with Crippen LogP contribution in [-0.4, -0.2) is 54.1 Å². The summed E-state index contributed by atoms with van der Waals surface area (Å²) in [6, 6.07) is 7.69. The van der Waals surface area contributed by atoms with Crippen LogP contribution in [0.4, 0.5) is 5.69 Å². The monoisotopic (exact) mass is 307 g/mol. The van der Waals surface area contributed by atoms with Gasteiger partial charge in [0.05, 0.1) is 12.8 Å². The number of methoxy groups -OCH3 is 1. The largest absolute Gasteiger partial charge is 0.495 e. The summed E-state index contributed by atoms with van der Waals surface area (Å²) in [6.45, 7) is 4.72. The molecule has 0 saturated carbocycles. The quantitative estimate of drug-likeness (QED) is 0.846. The molecule has 1 aromatic rings. The van der Waals surface area contributed by atoms with Crippen LogP contribution in [0.25, 0.3) is 0 Å². The molecule has 0 aliphatic carbocycles. The minimum atomic E-state index is 0.125. The number of anilines is 1. The highest BCUT2D eigenvalue weighted by atomic mass is 32.1. The van der Waals surface area contributed by atoms with Crippen molar-refractivity contribution in [2.24, 2.45) is 0 Å². The third kappa shape index (κ3) is 4.07. The Morgan fingerprint density at radius 3 is 2.57 bits per heavy atom. The molecular weight excluding hydrogens is 286 g/mol. The molecule has 0 radical (unpaired) electrons. The molecular formula is C15H21N3O2S. The van der Waals surface area contributed by atoms with E-state index < -0.39 is 0 Å². The van der Waals surface area contributed by atoms with E-state index in [1.54, 1.807) is 14.0 Å². The summed E-state index contributed by atoms with van der Waals surface area (Å²) in [7, 11) is 1.64. The summed E-state index contributed by atoms with van der Waals surface area (Å²) >= 11 is 5.48. The summed E-state index contributed by atoms with van der Waals surface area (Å²) < 4.78 is 5.31. The molecule has 0 bridgehead atoms. The minimum absolute atomic E-state index is 0.125. The van der Waals surface area contributed by atoms with E-state index in [0.717, 1.165) is 37.5 Å². The average molecular weight is 307 g/mol. The fourth-order valence-electron chi connectivity index (χ4n) is 2.38. The molecule has 1 amide bonds. The van der Waals surface area contributed by atoms with Crippen molar-refractivity contribution in [1.82, 2.24) is 9.80 Å². The van der Waals surface area contributed by atoms with Crippen molar-refractivity contribution >= 4 is 28.9 Å². The highest BCUT2D eigenvalue weighted by Gasteiger charge is 2.18. The Kier molecular flexibility index (Phi) is 5.38. The first-order valence-electron chi connectivity index (χ1n) is 7.06. The van der Waals surface area contributed by atoms with Crippen molar-refractivity contribution in [3.8, 4) is 5.75 Å². The number of amides is 1. The van der Waals surface area contributed by atoms with Gasteiger partial charge in [0, 0.05) is 33.1 Å². The topological polar surface area (TPSA) is 44.8 Å². The molecule has 1 saturated heterocycles. The van der Waals surface area contributed by atoms with E-state index >= 15 is 0 Å². The van der Waals surface area contributed by atoms with Crippen molar-refractivity contribution in [2.75, 3.05) is 38.6 Å².